The van der Waals surface area contributed by atoms with Crippen LogP contribution in [0.2, 0.25) is 0 Å². The first-order valence-corrected chi connectivity index (χ1v) is 7.05. The number of hydrogen-bond donors (Lipinski definition) is 0. The van der Waals surface area contributed by atoms with Gasteiger partial charge in [-0.3, -0.25) is 4.79 Å². The summed E-state index contributed by atoms with van der Waals surface area (Å²) in [5, 5.41) is 0. The van der Waals surface area contributed by atoms with Crippen molar-refractivity contribution < 1.29 is 14.3 Å². The summed E-state index contributed by atoms with van der Waals surface area (Å²) in [6.07, 6.45) is 0.785. The smallest absolute Gasteiger partial charge is 0.257 e. The minimum atomic E-state index is -0.0324. The number of nitrogens with zero attached hydrogens (tertiary/aromatic N) is 1. The number of fused-ring (bicyclic) bond motifs is 1. The number of ether oxygens (including phenoxy) is 2. The first kappa shape index (κ1) is 14.0. The van der Waals surface area contributed by atoms with Crippen LogP contribution in [0.3, 0.4) is 0 Å². The Hall–Kier alpha value is -1.42. The van der Waals surface area contributed by atoms with E-state index >= 15 is 0 Å². The number of carbonyl (C=O) groups excluding carboxylic acids is 1. The molecular weight excluding hydrogens is 266 g/mol. The van der Waals surface area contributed by atoms with Crippen LogP contribution in [0.15, 0.2) is 18.2 Å². The Morgan fingerprint density at radius 3 is 2.89 bits per heavy atom. The monoisotopic (exact) mass is 283 g/mol. The molecule has 0 aliphatic carbocycles. The van der Waals surface area contributed by atoms with E-state index < -0.39 is 0 Å². The molecule has 1 amide bonds. The van der Waals surface area contributed by atoms with Gasteiger partial charge in [0.2, 0.25) is 0 Å². The van der Waals surface area contributed by atoms with Gasteiger partial charge < -0.3 is 14.4 Å². The van der Waals surface area contributed by atoms with Crippen molar-refractivity contribution in [3.05, 3.63) is 23.8 Å². The van der Waals surface area contributed by atoms with Gasteiger partial charge in [-0.15, -0.1) is 11.6 Å². The average Bonchev–Trinajstić information content (AvgIpc) is 2.47. The van der Waals surface area contributed by atoms with Gasteiger partial charge in [0.1, 0.15) is 13.2 Å². The highest BCUT2D eigenvalue weighted by molar-refractivity contribution is 6.17. The topological polar surface area (TPSA) is 38.8 Å². The second-order valence-corrected chi connectivity index (χ2v) is 4.64. The summed E-state index contributed by atoms with van der Waals surface area (Å²) in [4.78, 5) is 14.3. The van der Waals surface area contributed by atoms with E-state index in [1.807, 2.05) is 19.1 Å². The molecule has 0 fully saturated rings. The Kier molecular flexibility index (Phi) is 4.91. The maximum absolute atomic E-state index is 12.5. The van der Waals surface area contributed by atoms with Crippen LogP contribution in [-0.2, 0) is 0 Å². The lowest BCUT2D eigenvalue weighted by atomic mass is 10.1. The van der Waals surface area contributed by atoms with Crippen LogP contribution in [0.1, 0.15) is 23.7 Å². The number of benzene rings is 1. The highest BCUT2D eigenvalue weighted by Gasteiger charge is 2.23. The largest absolute Gasteiger partial charge is 0.486 e. The van der Waals surface area contributed by atoms with Gasteiger partial charge in [0.25, 0.3) is 5.91 Å². The van der Waals surface area contributed by atoms with Gasteiger partial charge in [-0.05, 0) is 25.5 Å². The summed E-state index contributed by atoms with van der Waals surface area (Å²) in [6.45, 7) is 4.27. The molecular formula is C14H18ClNO3. The van der Waals surface area contributed by atoms with Gasteiger partial charge in [-0.1, -0.05) is 6.07 Å². The normalized spacial score (nSPS) is 13.2. The summed E-state index contributed by atoms with van der Waals surface area (Å²) in [6, 6.07) is 5.41. The lowest BCUT2D eigenvalue weighted by Crippen LogP contribution is -2.32. The predicted octanol–water partition coefficient (Wildman–Crippen LogP) is 2.55. The van der Waals surface area contributed by atoms with Gasteiger partial charge in [0.05, 0.1) is 5.56 Å². The van der Waals surface area contributed by atoms with Crippen LogP contribution in [0.25, 0.3) is 0 Å². The molecule has 104 valence electrons. The first-order chi connectivity index (χ1) is 9.27. The summed E-state index contributed by atoms with van der Waals surface area (Å²) in [7, 11) is 0. The zero-order valence-corrected chi connectivity index (χ0v) is 11.8. The number of rotatable bonds is 5. The fraction of sp³-hybridized carbons (Fsp3) is 0.500. The Morgan fingerprint density at radius 2 is 2.16 bits per heavy atom. The molecule has 1 aromatic carbocycles. The molecule has 0 saturated heterocycles. The molecule has 4 nitrogen and oxygen atoms in total. The van der Waals surface area contributed by atoms with E-state index in [4.69, 9.17) is 21.1 Å². The number of hydrogen-bond acceptors (Lipinski definition) is 3. The molecule has 19 heavy (non-hydrogen) atoms. The second-order valence-electron chi connectivity index (χ2n) is 4.26. The van der Waals surface area contributed by atoms with Crippen molar-refractivity contribution in [2.24, 2.45) is 0 Å². The third kappa shape index (κ3) is 3.13. The minimum Gasteiger partial charge on any atom is -0.486 e. The van der Waals surface area contributed by atoms with Crippen LogP contribution in [-0.4, -0.2) is 43.0 Å². The molecule has 0 radical (unpaired) electrons. The average molecular weight is 284 g/mol. The molecule has 1 aliphatic rings. The SMILES string of the molecule is CCN(CCCCl)C(=O)c1cccc2c1OCCO2. The Balaban J connectivity index is 2.22. The van der Waals surface area contributed by atoms with Crippen molar-refractivity contribution >= 4 is 17.5 Å². The van der Waals surface area contributed by atoms with E-state index in [9.17, 15) is 4.79 Å². The van der Waals surface area contributed by atoms with Crippen LogP contribution < -0.4 is 9.47 Å². The molecule has 2 rings (SSSR count). The van der Waals surface area contributed by atoms with Crippen molar-refractivity contribution in [3.8, 4) is 11.5 Å². The zero-order chi connectivity index (χ0) is 13.7. The number of amides is 1. The molecule has 0 aromatic heterocycles. The molecule has 0 spiro atoms. The van der Waals surface area contributed by atoms with E-state index in [1.165, 1.54) is 0 Å². The highest BCUT2D eigenvalue weighted by atomic mass is 35.5. The lowest BCUT2D eigenvalue weighted by Gasteiger charge is -2.24. The summed E-state index contributed by atoms with van der Waals surface area (Å²) >= 11 is 5.69. The third-order valence-electron chi connectivity index (χ3n) is 3.03. The minimum absolute atomic E-state index is 0.0324. The van der Waals surface area contributed by atoms with Gasteiger partial charge in [-0.2, -0.15) is 0 Å². The van der Waals surface area contributed by atoms with E-state index in [0.29, 0.717) is 49.2 Å². The summed E-state index contributed by atoms with van der Waals surface area (Å²) < 4.78 is 11.1. The molecule has 1 aliphatic heterocycles. The molecule has 0 unspecified atom stereocenters. The quantitative estimate of drug-likeness (QED) is 0.780. The van der Waals surface area contributed by atoms with Crippen LogP contribution in [0.5, 0.6) is 11.5 Å². The molecule has 5 heteroatoms. The Morgan fingerprint density at radius 1 is 1.37 bits per heavy atom. The fourth-order valence-corrected chi connectivity index (χ4v) is 2.19. The molecule has 0 saturated carbocycles. The third-order valence-corrected chi connectivity index (χ3v) is 3.29. The van der Waals surface area contributed by atoms with E-state index in [-0.39, 0.29) is 5.91 Å². The summed E-state index contributed by atoms with van der Waals surface area (Å²) in [5.41, 5.74) is 0.564. The van der Waals surface area contributed by atoms with Gasteiger partial charge in [0, 0.05) is 19.0 Å². The van der Waals surface area contributed by atoms with Crippen molar-refractivity contribution in [2.45, 2.75) is 13.3 Å². The lowest BCUT2D eigenvalue weighted by molar-refractivity contribution is 0.0754. The van der Waals surface area contributed by atoms with Crippen LogP contribution in [0, 0.1) is 0 Å². The standard InChI is InChI=1S/C14H18ClNO3/c1-2-16(8-4-7-15)14(17)11-5-3-6-12-13(11)19-10-9-18-12/h3,5-6H,2,4,7-10H2,1H3. The number of alkyl halides is 1. The molecule has 1 aromatic rings. The van der Waals surface area contributed by atoms with Crippen molar-refractivity contribution in [1.29, 1.82) is 0 Å². The van der Waals surface area contributed by atoms with Crippen molar-refractivity contribution in [2.75, 3.05) is 32.2 Å². The van der Waals surface area contributed by atoms with Gasteiger partial charge in [-0.25, -0.2) is 0 Å². The first-order valence-electron chi connectivity index (χ1n) is 6.51. The number of para-hydroxylation sites is 1. The molecule has 1 heterocycles. The summed E-state index contributed by atoms with van der Waals surface area (Å²) in [5.74, 6) is 1.72. The van der Waals surface area contributed by atoms with Gasteiger partial charge in [0.15, 0.2) is 11.5 Å². The van der Waals surface area contributed by atoms with E-state index in [2.05, 4.69) is 0 Å². The zero-order valence-electron chi connectivity index (χ0n) is 11.0. The fourth-order valence-electron chi connectivity index (χ4n) is 2.07. The maximum Gasteiger partial charge on any atom is 0.257 e. The molecule has 0 atom stereocenters. The van der Waals surface area contributed by atoms with Crippen LogP contribution in [0.4, 0.5) is 0 Å². The number of halogens is 1. The second kappa shape index (κ2) is 6.66. The van der Waals surface area contributed by atoms with E-state index in [0.717, 1.165) is 6.42 Å². The molecule has 0 bridgehead atoms. The Bertz CT molecular complexity index is 450. The van der Waals surface area contributed by atoms with Gasteiger partial charge >= 0.3 is 0 Å². The van der Waals surface area contributed by atoms with E-state index in [1.54, 1.807) is 11.0 Å². The highest BCUT2D eigenvalue weighted by Crippen LogP contribution is 2.34. The predicted molar refractivity (Wildman–Crippen MR) is 74.3 cm³/mol. The van der Waals surface area contributed by atoms with Crippen molar-refractivity contribution in [3.63, 3.8) is 0 Å². The molecule has 0 N–H and O–H groups in total. The van der Waals surface area contributed by atoms with Crippen LogP contribution >= 0.6 is 11.6 Å². The van der Waals surface area contributed by atoms with Crippen molar-refractivity contribution in [1.82, 2.24) is 4.90 Å². The Labute approximate surface area is 118 Å². The maximum atomic E-state index is 12.5. The number of carbonyl (C=O) groups is 1.